The van der Waals surface area contributed by atoms with E-state index >= 15 is 0 Å². The van der Waals surface area contributed by atoms with Crippen LogP contribution in [0.2, 0.25) is 0 Å². The van der Waals surface area contributed by atoms with E-state index in [0.29, 0.717) is 12.6 Å². The van der Waals surface area contributed by atoms with Crippen molar-refractivity contribution in [2.24, 2.45) is 0 Å². The lowest BCUT2D eigenvalue weighted by Crippen LogP contribution is -2.47. The molecule has 5 heteroatoms. The molecule has 1 amide bonds. The van der Waals surface area contributed by atoms with Crippen molar-refractivity contribution in [2.75, 3.05) is 20.7 Å². The van der Waals surface area contributed by atoms with Gasteiger partial charge in [0.25, 0.3) is 0 Å². The first kappa shape index (κ1) is 21.0. The molecule has 5 nitrogen and oxygen atoms in total. The predicted octanol–water partition coefficient (Wildman–Crippen LogP) is 3.29. The van der Waals surface area contributed by atoms with Gasteiger partial charge in [-0.1, -0.05) is 54.6 Å². The minimum Gasteiger partial charge on any atom is -0.496 e. The molecule has 0 unspecified atom stereocenters. The van der Waals surface area contributed by atoms with Gasteiger partial charge in [0.05, 0.1) is 13.2 Å². The monoisotopic (exact) mass is 429 g/mol. The van der Waals surface area contributed by atoms with Crippen molar-refractivity contribution >= 4 is 16.7 Å². The van der Waals surface area contributed by atoms with Gasteiger partial charge in [0, 0.05) is 37.8 Å². The van der Waals surface area contributed by atoms with Gasteiger partial charge in [-0.2, -0.15) is 0 Å². The average Bonchev–Trinajstić information content (AvgIpc) is 3.46. The minimum atomic E-state index is -0.0915. The molecule has 0 aromatic heterocycles. The highest BCUT2D eigenvalue weighted by Gasteiger charge is 2.41. The molecular formula is C27H31N3O2. The summed E-state index contributed by atoms with van der Waals surface area (Å²) < 4.78 is 5.67. The van der Waals surface area contributed by atoms with E-state index in [1.165, 1.54) is 27.5 Å². The van der Waals surface area contributed by atoms with Gasteiger partial charge in [0.2, 0.25) is 5.91 Å². The molecule has 32 heavy (non-hydrogen) atoms. The second-order valence-corrected chi connectivity index (χ2v) is 8.94. The summed E-state index contributed by atoms with van der Waals surface area (Å²) in [6.07, 6.45) is 2.86. The van der Waals surface area contributed by atoms with Crippen molar-refractivity contribution in [3.05, 3.63) is 77.4 Å². The molecule has 0 radical (unpaired) electrons. The van der Waals surface area contributed by atoms with Crippen molar-refractivity contribution in [2.45, 2.75) is 43.9 Å². The maximum atomic E-state index is 12.7. The van der Waals surface area contributed by atoms with Gasteiger partial charge in [-0.15, -0.1) is 0 Å². The van der Waals surface area contributed by atoms with E-state index in [-0.39, 0.29) is 18.0 Å². The number of fused-ring (bicyclic) bond motifs is 2. The van der Waals surface area contributed by atoms with Gasteiger partial charge in [0.15, 0.2) is 0 Å². The summed E-state index contributed by atoms with van der Waals surface area (Å²) in [4.78, 5) is 15.2. The van der Waals surface area contributed by atoms with Crippen LogP contribution >= 0.6 is 0 Å². The third kappa shape index (κ3) is 3.87. The molecule has 2 aliphatic rings. The van der Waals surface area contributed by atoms with E-state index in [1.54, 1.807) is 14.2 Å². The molecule has 1 aliphatic heterocycles. The van der Waals surface area contributed by atoms with Gasteiger partial charge < -0.3 is 15.4 Å². The van der Waals surface area contributed by atoms with Gasteiger partial charge in [0.1, 0.15) is 5.75 Å². The standard InChI is InChI=1S/C27H31N3O2/c1-28-27(31)25-15-21(17-30(25)22-13-19-8-3-4-9-20(19)14-22)29-16-24-23-10-6-5-7-18(23)11-12-26(24)32-2/h3-12,21-22,25,29H,13-17H2,1-2H3,(H,28,31)/t21-,25-/m0/s1. The quantitative estimate of drug-likeness (QED) is 0.631. The van der Waals surface area contributed by atoms with Crippen molar-refractivity contribution < 1.29 is 9.53 Å². The van der Waals surface area contributed by atoms with E-state index in [9.17, 15) is 4.79 Å². The number of hydrogen-bond donors (Lipinski definition) is 2. The number of methoxy groups -OCH3 is 1. The number of hydrogen-bond acceptors (Lipinski definition) is 4. The Labute approximate surface area is 189 Å². The fourth-order valence-corrected chi connectivity index (χ4v) is 5.54. The first-order valence-corrected chi connectivity index (χ1v) is 11.5. The molecule has 3 aromatic rings. The number of amides is 1. The summed E-state index contributed by atoms with van der Waals surface area (Å²) in [6.45, 7) is 1.60. The Morgan fingerprint density at radius 3 is 2.47 bits per heavy atom. The second kappa shape index (κ2) is 8.93. The van der Waals surface area contributed by atoms with Crippen molar-refractivity contribution in [1.82, 2.24) is 15.5 Å². The van der Waals surface area contributed by atoms with Crippen LogP contribution in [0.5, 0.6) is 5.75 Å². The first-order chi connectivity index (χ1) is 15.7. The normalized spacial score (nSPS) is 21.1. The van der Waals surface area contributed by atoms with E-state index < -0.39 is 0 Å². The summed E-state index contributed by atoms with van der Waals surface area (Å²) in [5, 5.41) is 9.06. The van der Waals surface area contributed by atoms with E-state index in [0.717, 1.165) is 31.6 Å². The molecule has 1 saturated heterocycles. The van der Waals surface area contributed by atoms with Crippen LogP contribution in [-0.4, -0.2) is 49.6 Å². The summed E-state index contributed by atoms with van der Waals surface area (Å²) in [6, 6.07) is 21.8. The molecule has 1 fully saturated rings. The lowest BCUT2D eigenvalue weighted by molar-refractivity contribution is -0.125. The van der Waals surface area contributed by atoms with Crippen LogP contribution in [0, 0.1) is 0 Å². The molecule has 5 rings (SSSR count). The molecule has 3 aromatic carbocycles. The highest BCUT2D eigenvalue weighted by atomic mass is 16.5. The van der Waals surface area contributed by atoms with E-state index in [2.05, 4.69) is 70.1 Å². The van der Waals surface area contributed by atoms with Crippen molar-refractivity contribution in [3.8, 4) is 5.75 Å². The second-order valence-electron chi connectivity index (χ2n) is 8.94. The summed E-state index contributed by atoms with van der Waals surface area (Å²) in [5.41, 5.74) is 4.02. The Hall–Kier alpha value is -2.89. The first-order valence-electron chi connectivity index (χ1n) is 11.5. The summed E-state index contributed by atoms with van der Waals surface area (Å²) in [7, 11) is 3.47. The Morgan fingerprint density at radius 2 is 1.75 bits per heavy atom. The Kier molecular flexibility index (Phi) is 5.85. The molecular weight excluding hydrogens is 398 g/mol. The van der Waals surface area contributed by atoms with Gasteiger partial charge in [-0.25, -0.2) is 0 Å². The average molecular weight is 430 g/mol. The summed E-state index contributed by atoms with van der Waals surface area (Å²) in [5.74, 6) is 1.02. The van der Waals surface area contributed by atoms with Crippen molar-refractivity contribution in [1.29, 1.82) is 0 Å². The topological polar surface area (TPSA) is 53.6 Å². The number of nitrogens with one attached hydrogen (secondary N) is 2. The fourth-order valence-electron chi connectivity index (χ4n) is 5.54. The maximum absolute atomic E-state index is 12.7. The number of carbonyl (C=O) groups is 1. The van der Waals surface area contributed by atoms with Crippen LogP contribution in [0.3, 0.4) is 0 Å². The minimum absolute atomic E-state index is 0.0915. The zero-order chi connectivity index (χ0) is 22.1. The lowest BCUT2D eigenvalue weighted by atomic mass is 10.0. The Balaban J connectivity index is 1.34. The molecule has 2 atom stereocenters. The number of likely N-dealkylation sites (tertiary alicyclic amines) is 1. The number of ether oxygens (including phenoxy) is 1. The molecule has 2 N–H and O–H groups in total. The van der Waals surface area contributed by atoms with Crippen LogP contribution in [-0.2, 0) is 24.2 Å². The van der Waals surface area contributed by atoms with E-state index in [1.807, 2.05) is 6.07 Å². The van der Waals surface area contributed by atoms with Crippen LogP contribution in [0.4, 0.5) is 0 Å². The molecule has 1 aliphatic carbocycles. The third-order valence-corrected chi connectivity index (χ3v) is 7.17. The number of likely N-dealkylation sites (N-methyl/N-ethyl adjacent to an activating group) is 1. The SMILES string of the molecule is CNC(=O)[C@@H]1C[C@H](NCc2c(OC)ccc3ccccc23)CN1C1Cc2ccccc2C1. The zero-order valence-corrected chi connectivity index (χ0v) is 18.8. The largest absolute Gasteiger partial charge is 0.496 e. The fraction of sp³-hybridized carbons (Fsp3) is 0.370. The number of nitrogens with zero attached hydrogens (tertiary/aromatic N) is 1. The number of rotatable bonds is 6. The highest BCUT2D eigenvalue weighted by molar-refractivity contribution is 5.87. The zero-order valence-electron chi connectivity index (χ0n) is 18.8. The van der Waals surface area contributed by atoms with E-state index in [4.69, 9.17) is 4.74 Å². The number of benzene rings is 3. The predicted molar refractivity (Wildman–Crippen MR) is 128 cm³/mol. The molecule has 1 heterocycles. The van der Waals surface area contributed by atoms with Crippen LogP contribution < -0.4 is 15.4 Å². The van der Waals surface area contributed by atoms with Crippen molar-refractivity contribution in [3.63, 3.8) is 0 Å². The maximum Gasteiger partial charge on any atom is 0.237 e. The van der Waals surface area contributed by atoms with Crippen LogP contribution in [0.1, 0.15) is 23.1 Å². The Bertz CT molecular complexity index is 1100. The third-order valence-electron chi connectivity index (χ3n) is 7.17. The van der Waals surface area contributed by atoms with Gasteiger partial charge in [-0.05, 0) is 47.2 Å². The number of carbonyl (C=O) groups excluding carboxylic acids is 1. The molecule has 0 saturated carbocycles. The summed E-state index contributed by atoms with van der Waals surface area (Å²) >= 11 is 0. The molecule has 0 spiro atoms. The van der Waals surface area contributed by atoms with Crippen LogP contribution in [0.25, 0.3) is 10.8 Å². The lowest BCUT2D eigenvalue weighted by Gasteiger charge is -2.29. The smallest absolute Gasteiger partial charge is 0.237 e. The highest BCUT2D eigenvalue weighted by Crippen LogP contribution is 2.32. The van der Waals surface area contributed by atoms with Gasteiger partial charge in [-0.3, -0.25) is 9.69 Å². The molecule has 166 valence electrons. The molecule has 0 bridgehead atoms. The van der Waals surface area contributed by atoms with Gasteiger partial charge >= 0.3 is 0 Å². The Morgan fingerprint density at radius 1 is 1.03 bits per heavy atom. The van der Waals surface area contributed by atoms with Crippen LogP contribution in [0.15, 0.2) is 60.7 Å².